The number of nitrogens with one attached hydrogen (secondary N) is 1. The number of carbonyl (C=O) groups excluding carboxylic acids is 2. The van der Waals surface area contributed by atoms with Crippen LogP contribution in [0.2, 0.25) is 0 Å². The first-order valence-electron chi connectivity index (χ1n) is 4.90. The van der Waals surface area contributed by atoms with E-state index in [4.69, 9.17) is 16.2 Å². The Hall–Kier alpha value is -1.14. The van der Waals surface area contributed by atoms with Crippen LogP contribution in [0.1, 0.15) is 19.3 Å². The topological polar surface area (TPSA) is 107 Å². The number of primary amides is 1. The third-order valence-electron chi connectivity index (χ3n) is 2.53. The van der Waals surface area contributed by atoms with Crippen LogP contribution in [0.3, 0.4) is 0 Å². The Morgan fingerprint density at radius 2 is 2.13 bits per heavy atom. The summed E-state index contributed by atoms with van der Waals surface area (Å²) in [5, 5.41) is 2.73. The molecule has 0 aromatic carbocycles. The summed E-state index contributed by atoms with van der Waals surface area (Å²) in [7, 11) is 1.64. The maximum Gasteiger partial charge on any atom is 0.237 e. The van der Waals surface area contributed by atoms with Crippen LogP contribution in [0, 0.1) is 0 Å². The minimum absolute atomic E-state index is 0.112. The molecule has 15 heavy (non-hydrogen) atoms. The Labute approximate surface area is 88.3 Å². The molecule has 0 saturated heterocycles. The van der Waals surface area contributed by atoms with E-state index in [1.54, 1.807) is 7.11 Å². The normalized spacial score (nSPS) is 26.5. The molecule has 0 heterocycles. The maximum atomic E-state index is 11.4. The predicted octanol–water partition coefficient (Wildman–Crippen LogP) is -1.52. The molecule has 1 fully saturated rings. The largest absolute Gasteiger partial charge is 0.381 e. The van der Waals surface area contributed by atoms with E-state index in [-0.39, 0.29) is 24.5 Å². The molecule has 5 N–H and O–H groups in total. The summed E-state index contributed by atoms with van der Waals surface area (Å²) < 4.78 is 5.07. The van der Waals surface area contributed by atoms with Crippen LogP contribution in [-0.2, 0) is 14.3 Å². The summed E-state index contributed by atoms with van der Waals surface area (Å²) >= 11 is 0. The molecule has 0 aliphatic heterocycles. The second-order valence-corrected chi connectivity index (χ2v) is 3.81. The standard InChI is InChI=1S/C9H17N3O3/c1-15-6-2-5(3-6)12-9(14)7(10)4-8(11)13/h5-7H,2-4,10H2,1H3,(H2,11,13)(H,12,14). The highest BCUT2D eigenvalue weighted by Crippen LogP contribution is 2.22. The van der Waals surface area contributed by atoms with Crippen molar-refractivity contribution < 1.29 is 14.3 Å². The number of amides is 2. The third kappa shape index (κ3) is 3.49. The number of methoxy groups -OCH3 is 1. The Kier molecular flexibility index (Phi) is 4.05. The van der Waals surface area contributed by atoms with E-state index in [9.17, 15) is 9.59 Å². The lowest BCUT2D eigenvalue weighted by molar-refractivity contribution is -0.128. The summed E-state index contributed by atoms with van der Waals surface area (Å²) in [5.74, 6) is -0.894. The second-order valence-electron chi connectivity index (χ2n) is 3.81. The van der Waals surface area contributed by atoms with Crippen LogP contribution in [0.4, 0.5) is 0 Å². The summed E-state index contributed by atoms with van der Waals surface area (Å²) in [4.78, 5) is 21.9. The minimum atomic E-state index is -0.843. The minimum Gasteiger partial charge on any atom is -0.381 e. The molecule has 0 aromatic heterocycles. The maximum absolute atomic E-state index is 11.4. The van der Waals surface area contributed by atoms with Gasteiger partial charge < -0.3 is 21.5 Å². The molecule has 2 amide bonds. The Balaban J connectivity index is 2.22. The second kappa shape index (κ2) is 5.09. The number of carbonyl (C=O) groups is 2. The summed E-state index contributed by atoms with van der Waals surface area (Å²) in [6.07, 6.45) is 1.70. The highest BCUT2D eigenvalue weighted by molar-refractivity contribution is 5.87. The molecule has 0 aromatic rings. The van der Waals surface area contributed by atoms with Gasteiger partial charge in [0.15, 0.2) is 0 Å². The molecule has 1 unspecified atom stereocenters. The van der Waals surface area contributed by atoms with Gasteiger partial charge in [0.2, 0.25) is 11.8 Å². The van der Waals surface area contributed by atoms with Gasteiger partial charge in [-0.1, -0.05) is 0 Å². The number of rotatable bonds is 5. The van der Waals surface area contributed by atoms with Crippen molar-refractivity contribution >= 4 is 11.8 Å². The van der Waals surface area contributed by atoms with Crippen molar-refractivity contribution in [2.75, 3.05) is 7.11 Å². The van der Waals surface area contributed by atoms with Crippen molar-refractivity contribution in [2.24, 2.45) is 11.5 Å². The lowest BCUT2D eigenvalue weighted by Crippen LogP contribution is -2.52. The van der Waals surface area contributed by atoms with Gasteiger partial charge >= 0.3 is 0 Å². The van der Waals surface area contributed by atoms with Crippen molar-refractivity contribution in [1.29, 1.82) is 0 Å². The van der Waals surface area contributed by atoms with Crippen molar-refractivity contribution in [3.63, 3.8) is 0 Å². The van der Waals surface area contributed by atoms with Gasteiger partial charge in [0.05, 0.1) is 18.6 Å². The molecule has 6 nitrogen and oxygen atoms in total. The number of nitrogens with two attached hydrogens (primary N) is 2. The van der Waals surface area contributed by atoms with E-state index >= 15 is 0 Å². The zero-order chi connectivity index (χ0) is 11.4. The first-order chi connectivity index (χ1) is 7.02. The van der Waals surface area contributed by atoms with Gasteiger partial charge in [-0.05, 0) is 12.8 Å². The van der Waals surface area contributed by atoms with Gasteiger partial charge in [0.1, 0.15) is 0 Å². The fourth-order valence-corrected chi connectivity index (χ4v) is 1.49. The number of hydrogen-bond donors (Lipinski definition) is 3. The number of hydrogen-bond acceptors (Lipinski definition) is 4. The molecule has 1 saturated carbocycles. The van der Waals surface area contributed by atoms with E-state index < -0.39 is 11.9 Å². The van der Waals surface area contributed by atoms with Crippen LogP contribution < -0.4 is 16.8 Å². The van der Waals surface area contributed by atoms with Gasteiger partial charge in [-0.3, -0.25) is 9.59 Å². The highest BCUT2D eigenvalue weighted by Gasteiger charge is 2.31. The van der Waals surface area contributed by atoms with Gasteiger partial charge in [0, 0.05) is 13.2 Å². The van der Waals surface area contributed by atoms with Crippen LogP contribution in [0.25, 0.3) is 0 Å². The zero-order valence-electron chi connectivity index (χ0n) is 8.73. The smallest absolute Gasteiger partial charge is 0.237 e. The summed E-state index contributed by atoms with van der Waals surface area (Å²) in [6, 6.07) is -0.731. The van der Waals surface area contributed by atoms with Gasteiger partial charge in [-0.25, -0.2) is 0 Å². The monoisotopic (exact) mass is 215 g/mol. The van der Waals surface area contributed by atoms with E-state index in [1.807, 2.05) is 0 Å². The highest BCUT2D eigenvalue weighted by atomic mass is 16.5. The van der Waals surface area contributed by atoms with E-state index in [0.29, 0.717) is 0 Å². The average Bonchev–Trinajstić information content (AvgIpc) is 2.08. The van der Waals surface area contributed by atoms with Crippen molar-refractivity contribution in [1.82, 2.24) is 5.32 Å². The molecule has 1 atom stereocenters. The van der Waals surface area contributed by atoms with Gasteiger partial charge in [-0.2, -0.15) is 0 Å². The van der Waals surface area contributed by atoms with Crippen LogP contribution in [-0.4, -0.2) is 37.1 Å². The quantitative estimate of drug-likeness (QED) is 0.517. The molecule has 1 rings (SSSR count). The Bertz CT molecular complexity index is 251. The SMILES string of the molecule is COC1CC(NC(=O)C(N)CC(N)=O)C1. The van der Waals surface area contributed by atoms with Crippen molar-refractivity contribution in [3.05, 3.63) is 0 Å². The van der Waals surface area contributed by atoms with E-state index in [0.717, 1.165) is 12.8 Å². The molecule has 1 aliphatic rings. The molecule has 1 aliphatic carbocycles. The molecular weight excluding hydrogens is 198 g/mol. The Morgan fingerprint density at radius 3 is 2.60 bits per heavy atom. The van der Waals surface area contributed by atoms with Crippen molar-refractivity contribution in [3.8, 4) is 0 Å². The van der Waals surface area contributed by atoms with Crippen LogP contribution in [0.5, 0.6) is 0 Å². The molecule has 6 heteroatoms. The lowest BCUT2D eigenvalue weighted by Gasteiger charge is -2.35. The Morgan fingerprint density at radius 1 is 1.53 bits per heavy atom. The molecular formula is C9H17N3O3. The summed E-state index contributed by atoms with van der Waals surface area (Å²) in [6.45, 7) is 0. The van der Waals surface area contributed by atoms with Crippen LogP contribution in [0.15, 0.2) is 0 Å². The zero-order valence-corrected chi connectivity index (χ0v) is 8.73. The lowest BCUT2D eigenvalue weighted by atomic mass is 9.89. The first-order valence-corrected chi connectivity index (χ1v) is 4.90. The van der Waals surface area contributed by atoms with Crippen LogP contribution >= 0.6 is 0 Å². The van der Waals surface area contributed by atoms with E-state index in [1.165, 1.54) is 0 Å². The van der Waals surface area contributed by atoms with Crippen molar-refractivity contribution in [2.45, 2.75) is 37.5 Å². The molecule has 0 spiro atoms. The molecule has 86 valence electrons. The number of ether oxygens (including phenoxy) is 1. The third-order valence-corrected chi connectivity index (χ3v) is 2.53. The molecule has 0 radical (unpaired) electrons. The van der Waals surface area contributed by atoms with Gasteiger partial charge in [0.25, 0.3) is 0 Å². The summed E-state index contributed by atoms with van der Waals surface area (Å²) in [5.41, 5.74) is 10.4. The average molecular weight is 215 g/mol. The predicted molar refractivity (Wildman–Crippen MR) is 53.7 cm³/mol. The van der Waals surface area contributed by atoms with Gasteiger partial charge in [-0.15, -0.1) is 0 Å². The molecule has 0 bridgehead atoms. The van der Waals surface area contributed by atoms with E-state index in [2.05, 4.69) is 5.32 Å². The fraction of sp³-hybridized carbons (Fsp3) is 0.778. The first kappa shape index (κ1) is 11.9. The fourth-order valence-electron chi connectivity index (χ4n) is 1.49.